The van der Waals surface area contributed by atoms with Gasteiger partial charge in [0.05, 0.1) is 36.9 Å². The molecule has 1 aromatic heterocycles. The average molecular weight is 979 g/mol. The van der Waals surface area contributed by atoms with Crippen molar-refractivity contribution in [2.75, 3.05) is 60.6 Å². The Kier molecular flexibility index (Phi) is 14.5. The van der Waals surface area contributed by atoms with Gasteiger partial charge in [-0.05, 0) is 87.4 Å². The Hall–Kier alpha value is -7.52. The molecule has 0 bridgehead atoms. The minimum Gasteiger partial charge on any atom is -0.488 e. The summed E-state index contributed by atoms with van der Waals surface area (Å²) in [5, 5.41) is 24.7. The number of rotatable bonds is 14. The van der Waals surface area contributed by atoms with E-state index in [-0.39, 0.29) is 66.6 Å². The maximum atomic E-state index is 14.9. The van der Waals surface area contributed by atoms with E-state index in [1.165, 1.54) is 29.5 Å². The predicted molar refractivity (Wildman–Crippen MR) is 265 cm³/mol. The molecule has 1 aliphatic carbocycles. The summed E-state index contributed by atoms with van der Waals surface area (Å²) >= 11 is 0. The van der Waals surface area contributed by atoms with Gasteiger partial charge in [-0.2, -0.15) is 10.4 Å². The van der Waals surface area contributed by atoms with E-state index in [0.29, 0.717) is 28.9 Å². The molecule has 5 aromatic carbocycles. The molecule has 17 heteroatoms. The van der Waals surface area contributed by atoms with Gasteiger partial charge in [-0.3, -0.25) is 19.4 Å². The second-order valence-corrected chi connectivity index (χ2v) is 18.7. The SMILES string of the molecule is CCCCCC1(O)CN(c2ccc(N3CCN(c4ccc(OC[C@H]5OC[C@](Cn6cncn6)(c6ccc(F)cc6F)O5)cc4)CC3)cc2)C(=O)N1C(C)C.N#Cc1cccc2c1C(=O)c1ccccc1C2=O. The van der Waals surface area contributed by atoms with Crippen LogP contribution in [0.1, 0.15) is 89.4 Å². The van der Waals surface area contributed by atoms with Crippen LogP contribution in [-0.2, 0) is 21.6 Å². The summed E-state index contributed by atoms with van der Waals surface area (Å²) in [6, 6.07) is 32.5. The third-order valence-corrected chi connectivity index (χ3v) is 13.6. The summed E-state index contributed by atoms with van der Waals surface area (Å²) in [5.74, 6) is -1.21. The lowest BCUT2D eigenvalue weighted by atomic mass is 9.82. The summed E-state index contributed by atoms with van der Waals surface area (Å²) < 4.78 is 48.4. The van der Waals surface area contributed by atoms with Crippen LogP contribution in [0.3, 0.4) is 0 Å². The van der Waals surface area contributed by atoms with Crippen molar-refractivity contribution in [2.24, 2.45) is 0 Å². The van der Waals surface area contributed by atoms with Crippen LogP contribution >= 0.6 is 0 Å². The molecule has 0 spiro atoms. The number of piperazine rings is 1. The number of anilines is 3. The van der Waals surface area contributed by atoms with E-state index in [4.69, 9.17) is 19.5 Å². The second-order valence-electron chi connectivity index (χ2n) is 18.7. The molecule has 72 heavy (non-hydrogen) atoms. The zero-order chi connectivity index (χ0) is 50.6. The highest BCUT2D eigenvalue weighted by Crippen LogP contribution is 2.39. The number of β-amino-alcohol motifs (C(OH)–C–C–N with tert-alkyl or cyclic N) is 1. The van der Waals surface area contributed by atoms with Crippen molar-refractivity contribution in [1.82, 2.24) is 19.7 Å². The third-order valence-electron chi connectivity index (χ3n) is 13.6. The molecule has 3 fully saturated rings. The van der Waals surface area contributed by atoms with Crippen molar-refractivity contribution >= 4 is 34.7 Å². The first-order valence-corrected chi connectivity index (χ1v) is 24.3. The lowest BCUT2D eigenvalue weighted by Crippen LogP contribution is -2.50. The number of ether oxygens (including phenoxy) is 3. The van der Waals surface area contributed by atoms with E-state index >= 15 is 0 Å². The van der Waals surface area contributed by atoms with Crippen LogP contribution in [0.25, 0.3) is 0 Å². The molecule has 1 unspecified atom stereocenters. The number of nitrogens with zero attached hydrogens (tertiary/aromatic N) is 8. The van der Waals surface area contributed by atoms with Crippen molar-refractivity contribution < 1.29 is 42.5 Å². The van der Waals surface area contributed by atoms with Crippen molar-refractivity contribution in [3.05, 3.63) is 167 Å². The molecular formula is C55H56F2N8O7. The summed E-state index contributed by atoms with van der Waals surface area (Å²) in [4.78, 5) is 50.0. The molecular weight excluding hydrogens is 923 g/mol. The minimum absolute atomic E-state index is 0.0250. The first kappa shape index (κ1) is 49.5. The van der Waals surface area contributed by atoms with Gasteiger partial charge in [-0.25, -0.2) is 23.2 Å². The first-order chi connectivity index (χ1) is 34.8. The lowest BCUT2D eigenvalue weighted by molar-refractivity contribution is -0.117. The Balaban J connectivity index is 0.000000296. The monoisotopic (exact) mass is 978 g/mol. The van der Waals surface area contributed by atoms with Gasteiger partial charge in [0.25, 0.3) is 0 Å². The Bertz CT molecular complexity index is 2960. The molecule has 10 rings (SSSR count). The number of unbranched alkanes of at least 4 members (excludes halogenated alkanes) is 2. The van der Waals surface area contributed by atoms with Crippen molar-refractivity contribution in [3.63, 3.8) is 0 Å². The van der Waals surface area contributed by atoms with Gasteiger partial charge < -0.3 is 29.1 Å². The number of fused-ring (bicyclic) bond motifs is 2. The highest BCUT2D eigenvalue weighted by molar-refractivity contribution is 6.29. The normalized spacial score (nSPS) is 20.6. The summed E-state index contributed by atoms with van der Waals surface area (Å²) in [6.45, 7) is 9.86. The molecule has 372 valence electrons. The number of carbonyl (C=O) groups is 3. The molecule has 2 amide bonds. The van der Waals surface area contributed by atoms with Crippen LogP contribution in [0, 0.1) is 23.0 Å². The molecule has 0 radical (unpaired) electrons. The van der Waals surface area contributed by atoms with Crippen molar-refractivity contribution in [2.45, 2.75) is 76.7 Å². The van der Waals surface area contributed by atoms with Gasteiger partial charge in [0.1, 0.15) is 42.2 Å². The molecule has 3 saturated heterocycles. The Morgan fingerprint density at radius 2 is 1.49 bits per heavy atom. The van der Waals surface area contributed by atoms with E-state index in [9.17, 15) is 28.3 Å². The van der Waals surface area contributed by atoms with E-state index in [2.05, 4.69) is 38.9 Å². The van der Waals surface area contributed by atoms with Crippen LogP contribution in [0.4, 0.5) is 30.6 Å². The fraction of sp³-hybridized carbons (Fsp3) is 0.345. The lowest BCUT2D eigenvalue weighted by Gasteiger charge is -2.37. The Labute approximate surface area is 416 Å². The van der Waals surface area contributed by atoms with E-state index < -0.39 is 29.3 Å². The number of halogens is 2. The fourth-order valence-electron chi connectivity index (χ4n) is 10.1. The van der Waals surface area contributed by atoms with Crippen molar-refractivity contribution in [1.29, 1.82) is 5.26 Å². The summed E-state index contributed by atoms with van der Waals surface area (Å²) in [6.07, 6.45) is 5.63. The molecule has 15 nitrogen and oxygen atoms in total. The van der Waals surface area contributed by atoms with Gasteiger partial charge in [-0.1, -0.05) is 62.2 Å². The van der Waals surface area contributed by atoms with Crippen LogP contribution in [0.5, 0.6) is 5.75 Å². The number of amides is 2. The van der Waals surface area contributed by atoms with Gasteiger partial charge in [0.2, 0.25) is 0 Å². The molecule has 3 aliphatic heterocycles. The standard InChI is InChI=1S/C40H49F2N7O5.C15H7NO2/c1-4-5-6-17-40(51)25-48(38(50)49(40)29(2)3)33-10-8-31(9-11-33)45-18-20-46(21-19-45)32-12-14-34(15-13-32)52-23-37-53-26-39(54-37,24-47-28-43-27-44-47)35-16-7-30(41)22-36(35)42;16-8-9-4-3-7-12-13(9)15(18)11-6-2-1-5-10(11)14(12)17/h7-16,22,27-29,37,51H,4-6,17-21,23-26H2,1-3H3;1-7H/t37-,39+,40?;/m0./s1. The number of ketones is 2. The Morgan fingerprint density at radius 3 is 2.11 bits per heavy atom. The number of carbonyl (C=O) groups excluding carboxylic acids is 3. The van der Waals surface area contributed by atoms with Gasteiger partial charge in [0, 0.05) is 77.6 Å². The van der Waals surface area contributed by atoms with E-state index in [0.717, 1.165) is 68.6 Å². The molecule has 4 heterocycles. The van der Waals surface area contributed by atoms with Crippen LogP contribution in [-0.4, -0.2) is 106 Å². The number of benzene rings is 5. The van der Waals surface area contributed by atoms with Crippen LogP contribution < -0.4 is 19.4 Å². The second kappa shape index (κ2) is 21.1. The molecule has 3 atom stereocenters. The topological polar surface area (TPSA) is 167 Å². The molecule has 4 aliphatic rings. The van der Waals surface area contributed by atoms with Gasteiger partial charge in [0.15, 0.2) is 23.6 Å². The zero-order valence-electron chi connectivity index (χ0n) is 40.4. The maximum absolute atomic E-state index is 14.9. The third kappa shape index (κ3) is 10.0. The largest absolute Gasteiger partial charge is 0.488 e. The fourth-order valence-corrected chi connectivity index (χ4v) is 10.1. The number of aromatic nitrogens is 3. The average Bonchev–Trinajstić information content (AvgIpc) is 4.13. The predicted octanol–water partition coefficient (Wildman–Crippen LogP) is 8.48. The Morgan fingerprint density at radius 1 is 0.833 bits per heavy atom. The van der Waals surface area contributed by atoms with E-state index in [1.807, 2.05) is 56.3 Å². The highest BCUT2D eigenvalue weighted by atomic mass is 19.1. The van der Waals surface area contributed by atoms with Gasteiger partial charge in [-0.15, -0.1) is 0 Å². The zero-order valence-corrected chi connectivity index (χ0v) is 40.4. The molecule has 6 aromatic rings. The molecule has 0 saturated carbocycles. The number of aliphatic hydroxyl groups is 1. The number of urea groups is 1. The summed E-state index contributed by atoms with van der Waals surface area (Å²) in [7, 11) is 0. The summed E-state index contributed by atoms with van der Waals surface area (Å²) in [5.41, 5.74) is 2.31. The molecule has 1 N–H and O–H groups in total. The maximum Gasteiger partial charge on any atom is 0.327 e. The number of nitriles is 1. The smallest absolute Gasteiger partial charge is 0.327 e. The van der Waals surface area contributed by atoms with E-state index in [1.54, 1.807) is 52.3 Å². The number of hydrogen-bond acceptors (Lipinski definition) is 12. The quantitative estimate of drug-likeness (QED) is 0.104. The first-order valence-electron chi connectivity index (χ1n) is 24.3. The van der Waals surface area contributed by atoms with Crippen molar-refractivity contribution in [3.8, 4) is 11.8 Å². The number of hydrogen-bond donors (Lipinski definition) is 1. The van der Waals surface area contributed by atoms with Crippen LogP contribution in [0.15, 0.2) is 122 Å². The highest BCUT2D eigenvalue weighted by Gasteiger charge is 2.50. The minimum atomic E-state index is -1.24. The van der Waals surface area contributed by atoms with Crippen LogP contribution in [0.2, 0.25) is 0 Å². The van der Waals surface area contributed by atoms with Gasteiger partial charge >= 0.3 is 6.03 Å².